The van der Waals surface area contributed by atoms with Crippen LogP contribution in [0.5, 0.6) is 0 Å². The molecule has 1 unspecified atom stereocenters. The summed E-state index contributed by atoms with van der Waals surface area (Å²) >= 11 is 0. The number of likely N-dealkylation sites (tertiary alicyclic amines) is 1. The van der Waals surface area contributed by atoms with Crippen LogP contribution in [-0.4, -0.2) is 30.2 Å². The Morgan fingerprint density at radius 1 is 1.08 bits per heavy atom. The first-order valence-corrected chi connectivity index (χ1v) is 9.27. The molecule has 3 rings (SSSR count). The number of nitrogens with zero attached hydrogens (tertiary/aromatic N) is 1. The molecular weight excluding hydrogens is 326 g/mol. The Morgan fingerprint density at radius 2 is 1.85 bits per heavy atom. The topological polar surface area (TPSA) is 67.6 Å². The van der Waals surface area contributed by atoms with Crippen molar-refractivity contribution in [2.24, 2.45) is 0 Å². The average Bonchev–Trinajstić information content (AvgIpc) is 2.69. The molecule has 2 aromatic carbocycles. The van der Waals surface area contributed by atoms with E-state index in [1.165, 1.54) is 5.56 Å². The molecule has 1 aliphatic rings. The van der Waals surface area contributed by atoms with E-state index in [9.17, 15) is 4.79 Å². The number of nitrogens with one attached hydrogen (secondary N) is 1. The van der Waals surface area contributed by atoms with E-state index in [1.54, 1.807) is 0 Å². The second-order valence-electron chi connectivity index (χ2n) is 6.69. The standard InChI is InChI=1S/C21H27N3O2/c22-19-11-9-17(10-12-19)13-14-23-20-8-4-5-15-24(20)21(25)26-16-18-6-2-1-3-7-18/h1-3,6-7,9-12,20,23H,4-5,8,13-16,22H2. The minimum Gasteiger partial charge on any atom is -0.445 e. The first-order valence-electron chi connectivity index (χ1n) is 9.27. The molecule has 5 nitrogen and oxygen atoms in total. The van der Waals surface area contributed by atoms with Crippen LogP contribution < -0.4 is 11.1 Å². The van der Waals surface area contributed by atoms with Gasteiger partial charge in [-0.05, 0) is 48.9 Å². The van der Waals surface area contributed by atoms with Gasteiger partial charge in [-0.2, -0.15) is 0 Å². The number of hydrogen-bond acceptors (Lipinski definition) is 4. The van der Waals surface area contributed by atoms with Crippen LogP contribution in [0.15, 0.2) is 54.6 Å². The predicted octanol–water partition coefficient (Wildman–Crippen LogP) is 3.55. The van der Waals surface area contributed by atoms with Crippen LogP contribution in [-0.2, 0) is 17.8 Å². The number of piperidine rings is 1. The van der Waals surface area contributed by atoms with Gasteiger partial charge in [-0.1, -0.05) is 42.5 Å². The molecule has 0 saturated carbocycles. The Kier molecular flexibility index (Phi) is 6.50. The lowest BCUT2D eigenvalue weighted by Gasteiger charge is -2.35. The van der Waals surface area contributed by atoms with E-state index in [1.807, 2.05) is 59.5 Å². The van der Waals surface area contributed by atoms with Crippen molar-refractivity contribution in [2.75, 3.05) is 18.8 Å². The van der Waals surface area contributed by atoms with Crippen molar-refractivity contribution in [3.05, 3.63) is 65.7 Å². The maximum Gasteiger partial charge on any atom is 0.411 e. The summed E-state index contributed by atoms with van der Waals surface area (Å²) in [7, 11) is 0. The smallest absolute Gasteiger partial charge is 0.411 e. The third-order valence-electron chi connectivity index (χ3n) is 4.72. The fourth-order valence-electron chi connectivity index (χ4n) is 3.23. The summed E-state index contributed by atoms with van der Waals surface area (Å²) in [6.45, 7) is 1.87. The highest BCUT2D eigenvalue weighted by Gasteiger charge is 2.27. The lowest BCUT2D eigenvalue weighted by molar-refractivity contribution is 0.0596. The highest BCUT2D eigenvalue weighted by molar-refractivity contribution is 5.68. The number of hydrogen-bond donors (Lipinski definition) is 2. The fourth-order valence-corrected chi connectivity index (χ4v) is 3.23. The summed E-state index contributed by atoms with van der Waals surface area (Å²) in [5.74, 6) is 0. The molecule has 1 fully saturated rings. The lowest BCUT2D eigenvalue weighted by Crippen LogP contribution is -2.52. The van der Waals surface area contributed by atoms with Crippen LogP contribution in [0.3, 0.4) is 0 Å². The Hall–Kier alpha value is -2.53. The number of ether oxygens (including phenoxy) is 1. The van der Waals surface area contributed by atoms with Crippen molar-refractivity contribution in [3.8, 4) is 0 Å². The predicted molar refractivity (Wildman–Crippen MR) is 104 cm³/mol. The second kappa shape index (κ2) is 9.25. The first kappa shape index (κ1) is 18.3. The number of carbonyl (C=O) groups is 1. The average molecular weight is 353 g/mol. The third kappa shape index (κ3) is 5.23. The van der Waals surface area contributed by atoms with Gasteiger partial charge in [0.15, 0.2) is 0 Å². The normalized spacial score (nSPS) is 17.1. The molecule has 0 spiro atoms. The van der Waals surface area contributed by atoms with E-state index in [2.05, 4.69) is 5.32 Å². The molecule has 138 valence electrons. The molecule has 3 N–H and O–H groups in total. The molecule has 1 saturated heterocycles. The molecule has 1 aliphatic heterocycles. The zero-order valence-corrected chi connectivity index (χ0v) is 15.1. The van der Waals surface area contributed by atoms with Gasteiger partial charge >= 0.3 is 6.09 Å². The molecule has 0 aromatic heterocycles. The fraction of sp³-hybridized carbons (Fsp3) is 0.381. The van der Waals surface area contributed by atoms with Gasteiger partial charge in [0, 0.05) is 18.8 Å². The van der Waals surface area contributed by atoms with Crippen LogP contribution >= 0.6 is 0 Å². The summed E-state index contributed by atoms with van der Waals surface area (Å²) in [5, 5.41) is 3.51. The molecule has 2 aromatic rings. The van der Waals surface area contributed by atoms with Crippen molar-refractivity contribution in [3.63, 3.8) is 0 Å². The van der Waals surface area contributed by atoms with E-state index in [0.29, 0.717) is 6.61 Å². The quantitative estimate of drug-likeness (QED) is 0.780. The molecule has 1 heterocycles. The number of rotatable bonds is 6. The van der Waals surface area contributed by atoms with Crippen LogP contribution in [0.1, 0.15) is 30.4 Å². The summed E-state index contributed by atoms with van der Waals surface area (Å²) in [5.41, 5.74) is 8.74. The molecule has 0 aliphatic carbocycles. The number of benzene rings is 2. The van der Waals surface area contributed by atoms with Crippen LogP contribution in [0.25, 0.3) is 0 Å². The Labute approximate surface area is 155 Å². The molecule has 1 atom stereocenters. The number of anilines is 1. The highest BCUT2D eigenvalue weighted by Crippen LogP contribution is 2.17. The maximum atomic E-state index is 12.5. The van der Waals surface area contributed by atoms with Gasteiger partial charge in [0.2, 0.25) is 0 Å². The Balaban J connectivity index is 1.48. The maximum absolute atomic E-state index is 12.5. The molecule has 0 bridgehead atoms. The van der Waals surface area contributed by atoms with Gasteiger partial charge in [0.05, 0.1) is 6.17 Å². The summed E-state index contributed by atoms with van der Waals surface area (Å²) in [4.78, 5) is 14.3. The van der Waals surface area contributed by atoms with E-state index in [4.69, 9.17) is 10.5 Å². The minimum absolute atomic E-state index is 0.0424. The van der Waals surface area contributed by atoms with Crippen LogP contribution in [0.2, 0.25) is 0 Å². The summed E-state index contributed by atoms with van der Waals surface area (Å²) < 4.78 is 5.51. The number of nitrogens with two attached hydrogens (primary N) is 1. The van der Waals surface area contributed by atoms with Crippen molar-refractivity contribution < 1.29 is 9.53 Å². The van der Waals surface area contributed by atoms with Gasteiger partial charge in [-0.25, -0.2) is 4.79 Å². The largest absolute Gasteiger partial charge is 0.445 e. The molecular formula is C21H27N3O2. The van der Waals surface area contributed by atoms with Gasteiger partial charge in [0.1, 0.15) is 6.61 Å². The first-order chi connectivity index (χ1) is 12.7. The SMILES string of the molecule is Nc1ccc(CCNC2CCCCN2C(=O)OCc2ccccc2)cc1. The van der Waals surface area contributed by atoms with E-state index < -0.39 is 0 Å². The number of carbonyl (C=O) groups excluding carboxylic acids is 1. The van der Waals surface area contributed by atoms with Gasteiger partial charge < -0.3 is 10.5 Å². The number of nitrogen functional groups attached to an aromatic ring is 1. The molecule has 0 radical (unpaired) electrons. The van der Waals surface area contributed by atoms with Crippen molar-refractivity contribution in [1.29, 1.82) is 0 Å². The molecule has 1 amide bonds. The van der Waals surface area contributed by atoms with Crippen molar-refractivity contribution >= 4 is 11.8 Å². The van der Waals surface area contributed by atoms with Gasteiger partial charge in [-0.15, -0.1) is 0 Å². The van der Waals surface area contributed by atoms with E-state index >= 15 is 0 Å². The Morgan fingerprint density at radius 3 is 2.62 bits per heavy atom. The van der Waals surface area contributed by atoms with Crippen molar-refractivity contribution in [2.45, 2.75) is 38.5 Å². The lowest BCUT2D eigenvalue weighted by atomic mass is 10.1. The van der Waals surface area contributed by atoms with Gasteiger partial charge in [-0.3, -0.25) is 10.2 Å². The van der Waals surface area contributed by atoms with E-state index in [0.717, 1.165) is 50.0 Å². The van der Waals surface area contributed by atoms with Gasteiger partial charge in [0.25, 0.3) is 0 Å². The summed E-state index contributed by atoms with van der Waals surface area (Å²) in [6.07, 6.45) is 3.82. The number of amides is 1. The van der Waals surface area contributed by atoms with E-state index in [-0.39, 0.29) is 12.3 Å². The molecule has 5 heteroatoms. The van der Waals surface area contributed by atoms with Crippen LogP contribution in [0, 0.1) is 0 Å². The summed E-state index contributed by atoms with van der Waals surface area (Å²) in [6, 6.07) is 17.7. The molecule has 26 heavy (non-hydrogen) atoms. The minimum atomic E-state index is -0.237. The van der Waals surface area contributed by atoms with Crippen molar-refractivity contribution in [1.82, 2.24) is 10.2 Å². The zero-order valence-electron chi connectivity index (χ0n) is 15.1. The van der Waals surface area contributed by atoms with Crippen LogP contribution in [0.4, 0.5) is 10.5 Å². The second-order valence-corrected chi connectivity index (χ2v) is 6.69. The Bertz CT molecular complexity index is 688. The highest BCUT2D eigenvalue weighted by atomic mass is 16.6. The monoisotopic (exact) mass is 353 g/mol. The third-order valence-corrected chi connectivity index (χ3v) is 4.72. The zero-order chi connectivity index (χ0) is 18.2.